The van der Waals surface area contributed by atoms with Crippen LogP contribution in [0.1, 0.15) is 166 Å². The average molecular weight is 1950 g/mol. The normalized spacial score (nSPS) is 30.1. The van der Waals surface area contributed by atoms with Crippen molar-refractivity contribution >= 4 is 76.7 Å². The lowest BCUT2D eigenvalue weighted by molar-refractivity contribution is -0.145. The molecular formula is C110H125F4N11O15S. The number of hydrogen-bond donors (Lipinski definition) is 7. The Hall–Kier alpha value is -12.6. The van der Waals surface area contributed by atoms with Crippen LogP contribution in [0.3, 0.4) is 0 Å². The predicted molar refractivity (Wildman–Crippen MR) is 526 cm³/mol. The minimum absolute atomic E-state index is 0.0504. The van der Waals surface area contributed by atoms with E-state index in [4.69, 9.17) is 28.4 Å². The molecule has 4 aromatic carbocycles. The Morgan fingerprint density at radius 1 is 0.376 bits per heavy atom. The van der Waals surface area contributed by atoms with Crippen molar-refractivity contribution in [3.8, 4) is 44.5 Å². The third kappa shape index (κ3) is 25.3. The maximum atomic E-state index is 13.6. The first-order valence-electron chi connectivity index (χ1n) is 50.1. The molecule has 12 fully saturated rings. The van der Waals surface area contributed by atoms with Gasteiger partial charge >= 0.3 is 36.4 Å². The molecule has 8 heterocycles. The summed E-state index contributed by atoms with van der Waals surface area (Å²) in [5.74, 6) is 3.29. The molecule has 0 radical (unpaired) electrons. The monoisotopic (exact) mass is 1950 g/mol. The van der Waals surface area contributed by atoms with Crippen molar-refractivity contribution < 1.29 is 88.0 Å². The number of benzene rings is 4. The van der Waals surface area contributed by atoms with Gasteiger partial charge in [-0.05, 0) is 315 Å². The van der Waals surface area contributed by atoms with Crippen molar-refractivity contribution in [1.82, 2.24) is 56.6 Å². The van der Waals surface area contributed by atoms with Gasteiger partial charge in [-0.1, -0.05) is 97.1 Å². The van der Waals surface area contributed by atoms with E-state index in [-0.39, 0.29) is 161 Å². The van der Waals surface area contributed by atoms with Crippen LogP contribution < -0.4 is 36.6 Å². The fourth-order valence-electron chi connectivity index (χ4n) is 24.9. The third-order valence-corrected chi connectivity index (χ3v) is 32.4. The molecule has 4 saturated heterocycles. The number of alkyl carbamates (subject to hydrolysis) is 5. The van der Waals surface area contributed by atoms with Gasteiger partial charge in [-0.2, -0.15) is 0 Å². The van der Waals surface area contributed by atoms with Crippen molar-refractivity contribution in [1.29, 1.82) is 0 Å². The van der Waals surface area contributed by atoms with Crippen molar-refractivity contribution in [2.24, 2.45) is 88.8 Å². The zero-order valence-corrected chi connectivity index (χ0v) is 80.6. The van der Waals surface area contributed by atoms with E-state index >= 15 is 0 Å². The summed E-state index contributed by atoms with van der Waals surface area (Å²) in [4.78, 5) is 102. The van der Waals surface area contributed by atoms with Gasteiger partial charge in [-0.25, -0.2) is 54.7 Å². The molecule has 7 N–H and O–H groups in total. The van der Waals surface area contributed by atoms with E-state index in [1.165, 1.54) is 48.5 Å². The topological polar surface area (TPSA) is 345 Å². The van der Waals surface area contributed by atoms with Crippen LogP contribution in [0.25, 0.3) is 68.8 Å². The van der Waals surface area contributed by atoms with Gasteiger partial charge in [-0.15, -0.1) is 0 Å². The van der Waals surface area contributed by atoms with Crippen LogP contribution in [0.5, 0.6) is 0 Å². The van der Waals surface area contributed by atoms with Crippen LogP contribution in [-0.2, 0) is 48.0 Å². The quantitative estimate of drug-likeness (QED) is 0.0212. The minimum Gasteiger partial charge on any atom is -0.461 e. The van der Waals surface area contributed by atoms with E-state index in [1.807, 2.05) is 104 Å². The lowest BCUT2D eigenvalue weighted by atomic mass is 9.59. The van der Waals surface area contributed by atoms with Crippen LogP contribution in [-0.4, -0.2) is 157 Å². The Morgan fingerprint density at radius 2 is 0.716 bits per heavy atom. The van der Waals surface area contributed by atoms with Gasteiger partial charge in [0.25, 0.3) is 0 Å². The Bertz CT molecular complexity index is 5570. The third-order valence-electron chi connectivity index (χ3n) is 30.9. The smallest absolute Gasteiger partial charge is 0.407 e. The first-order chi connectivity index (χ1) is 68.3. The number of hydrogen-bond acceptors (Lipinski definition) is 19. The maximum absolute atomic E-state index is 13.6. The SMILES string of the molecule is CCOC(=O)N[C@@H]1CC[C@@H]2[C@@H](C1)C[C@H]1CC(=O)N[C@H]1[C@H]2/C=C/c1ccc(-c2cccc(F)c2)cn1.CCOC(=O)N[C@@H]1CC[C@@H]2[C@@H](C1)C[C@H]1CC(=O)O[C@H]1[C@H]2/C=C/c1ccc(-c2cccc(F)c2)cn1.CCOC(=O)N[C@@H]1CC[C@@H]2[C@@H](C1)C[C@H]1CS(=O)(=O)N[C@H]1[C@H]2/C=C/c1ccc(-c2cccc(F)c2)cn1.CCOC(=O)N[C@@H]1CC[C@@H]2[C@@H](C1)C[C@H]1OC(=O)N[C@H]1[C@H]2/C=C/c1ccc(-c2cccc(F)c2)cn1. The van der Waals surface area contributed by atoms with Gasteiger partial charge in [0, 0.05) is 113 Å². The van der Waals surface area contributed by atoms with Gasteiger partial charge in [0.15, 0.2) is 0 Å². The molecule has 4 aromatic heterocycles. The van der Waals surface area contributed by atoms with Crippen LogP contribution in [0.15, 0.2) is 195 Å². The summed E-state index contributed by atoms with van der Waals surface area (Å²) in [6, 6.07) is 41.6. The van der Waals surface area contributed by atoms with E-state index in [0.717, 1.165) is 170 Å². The lowest BCUT2D eigenvalue weighted by Gasteiger charge is -2.47. The van der Waals surface area contributed by atoms with E-state index in [1.54, 1.807) is 69.8 Å². The molecule has 744 valence electrons. The average Bonchev–Trinajstić information content (AvgIpc) is 1.62. The van der Waals surface area contributed by atoms with Crippen molar-refractivity contribution in [3.63, 3.8) is 0 Å². The number of pyridine rings is 4. The van der Waals surface area contributed by atoms with Gasteiger partial charge < -0.3 is 60.3 Å². The number of aromatic nitrogens is 4. The molecule has 8 aromatic rings. The van der Waals surface area contributed by atoms with Crippen LogP contribution in [0.4, 0.5) is 41.5 Å². The molecule has 8 saturated carbocycles. The highest BCUT2D eigenvalue weighted by atomic mass is 32.2. The number of esters is 1. The Morgan fingerprint density at radius 3 is 1.08 bits per heavy atom. The molecule has 0 bridgehead atoms. The zero-order chi connectivity index (χ0) is 98.4. The van der Waals surface area contributed by atoms with Crippen molar-refractivity contribution in [3.05, 3.63) is 241 Å². The molecule has 26 nitrogen and oxygen atoms in total. The summed E-state index contributed by atoms with van der Waals surface area (Å²) < 4.78 is 114. The van der Waals surface area contributed by atoms with Crippen molar-refractivity contribution in [2.45, 2.75) is 198 Å². The summed E-state index contributed by atoms with van der Waals surface area (Å²) in [5, 5.41) is 18.2. The highest BCUT2D eigenvalue weighted by molar-refractivity contribution is 7.89. The molecule has 24 atom stereocenters. The maximum Gasteiger partial charge on any atom is 0.407 e. The highest BCUT2D eigenvalue weighted by Crippen LogP contribution is 2.54. The number of rotatable bonds is 20. The number of sulfonamides is 1. The Labute approximate surface area is 820 Å². The summed E-state index contributed by atoms with van der Waals surface area (Å²) in [7, 11) is -3.29. The number of nitrogens with one attached hydrogen (secondary N) is 7. The fraction of sp³-hybridized carbons (Fsp3) is 0.464. The highest BCUT2D eigenvalue weighted by Gasteiger charge is 2.56. The fourth-order valence-corrected chi connectivity index (χ4v) is 26.6. The second-order valence-corrected chi connectivity index (χ2v) is 41.4. The number of amides is 6. The molecule has 8 aliphatic carbocycles. The summed E-state index contributed by atoms with van der Waals surface area (Å²) >= 11 is 0. The van der Waals surface area contributed by atoms with Crippen LogP contribution in [0, 0.1) is 112 Å². The van der Waals surface area contributed by atoms with E-state index < -0.39 is 10.0 Å². The number of halogens is 4. The Balaban J connectivity index is 0.000000130. The number of ether oxygens (including phenoxy) is 6. The molecule has 6 amide bonds. The van der Waals surface area contributed by atoms with Crippen molar-refractivity contribution in [2.75, 3.05) is 32.2 Å². The molecule has 0 unspecified atom stereocenters. The van der Waals surface area contributed by atoms with E-state index in [9.17, 15) is 59.5 Å². The van der Waals surface area contributed by atoms with Crippen LogP contribution in [0.2, 0.25) is 0 Å². The first kappa shape index (κ1) is 99.9. The molecule has 4 aliphatic heterocycles. The summed E-state index contributed by atoms with van der Waals surface area (Å²) in [6.07, 6.45) is 37.0. The standard InChI is InChI=1S/C28H32FN3O3.C28H31FN2O4.C27H32FN3O4S.C27H30FN3O4/c1-2-35-28(34)31-23-9-10-24-19(14-23)12-20-15-26(33)32-27(20)25(24)11-8-22-7-6-18(16-30-22)17-4-3-5-21(29)13-17;1-2-34-28(33)31-23-9-10-24-19(14-23)12-20-15-26(32)35-27(20)25(24)11-8-22-7-6-18(16-30-22)17-4-3-5-21(29)13-17;1-2-35-27(32)30-23-9-10-24-19(14-23)12-20-16-36(33,34)31-26(20)25(24)11-8-22-7-6-18(15-29-22)17-4-3-5-21(28)13-17;1-2-34-26(32)30-21-9-10-22-18(13-21)14-24-25(31-27(33)35-24)23(22)11-8-20-7-6-17(15-29-20)16-4-3-5-19(28)12-16/h3-8,11,13,16,19-20,23-25,27H,2,9-10,12,14-15H2,1H3,(H,31,34)(H,32,33);3-8,11,13,16,19-20,23-25,27H,2,9-10,12,14-15H2,1H3,(H,31,33);3-8,11,13,15,19-20,23-26,31H,2,9-10,12,14,16H2,1H3,(H,30,32);3-8,11-12,15,18,21-25H,2,9-10,13-14H2,1H3,(H,30,32)(H,31,33)/b4*11-8+/t2*19-,20+,23-,24-,25+,27-;19-,20+,23-,24-,25+,26-;18-,21+,22+,23-,24+,25-/m1110/s1. The van der Waals surface area contributed by atoms with E-state index in [2.05, 4.69) is 80.9 Å². The van der Waals surface area contributed by atoms with Gasteiger partial charge in [0.2, 0.25) is 15.9 Å². The second-order valence-electron chi connectivity index (χ2n) is 39.6. The Kier molecular flexibility index (Phi) is 32.6. The number of fused-ring (bicyclic) bond motifs is 8. The number of nitrogens with zero attached hydrogens (tertiary/aromatic N) is 4. The molecule has 12 aliphatic rings. The predicted octanol–water partition coefficient (Wildman–Crippen LogP) is 19.6. The largest absolute Gasteiger partial charge is 0.461 e. The number of carbonyl (C=O) groups is 7. The number of carbonyl (C=O) groups excluding carboxylic acids is 7. The molecular weight excluding hydrogens is 1820 g/mol. The zero-order valence-electron chi connectivity index (χ0n) is 79.7. The molecule has 141 heavy (non-hydrogen) atoms. The minimum atomic E-state index is -3.29. The summed E-state index contributed by atoms with van der Waals surface area (Å²) in [5.41, 5.74) is 9.77. The molecule has 31 heteroatoms. The molecule has 0 spiro atoms. The second kappa shape index (κ2) is 46.0. The lowest BCUT2D eigenvalue weighted by Crippen LogP contribution is -2.52. The first-order valence-corrected chi connectivity index (χ1v) is 51.8. The van der Waals surface area contributed by atoms with Gasteiger partial charge in [0.05, 0.1) is 67.4 Å². The van der Waals surface area contributed by atoms with Gasteiger partial charge in [-0.3, -0.25) is 29.5 Å². The van der Waals surface area contributed by atoms with Crippen LogP contribution >= 0.6 is 0 Å². The summed E-state index contributed by atoms with van der Waals surface area (Å²) in [6.45, 7) is 8.59. The van der Waals surface area contributed by atoms with Gasteiger partial charge in [0.1, 0.15) is 35.5 Å². The molecule has 20 rings (SSSR count). The van der Waals surface area contributed by atoms with E-state index in [0.29, 0.717) is 92.5 Å².